The molecule has 0 aromatic heterocycles. The minimum atomic E-state index is -2.06. The second-order valence-electron chi connectivity index (χ2n) is 3.00. The number of carbonyl (C=O) groups is 2. The van der Waals surface area contributed by atoms with Crippen molar-refractivity contribution in [2.75, 3.05) is 13.2 Å². The summed E-state index contributed by atoms with van der Waals surface area (Å²) in [4.78, 5) is 21.9. The van der Waals surface area contributed by atoms with Gasteiger partial charge in [0.1, 0.15) is 12.0 Å². The molecule has 3 unspecified atom stereocenters. The summed E-state index contributed by atoms with van der Waals surface area (Å²) in [5, 5.41) is 11.4. The van der Waals surface area contributed by atoms with E-state index in [9.17, 15) is 19.1 Å². The van der Waals surface area contributed by atoms with E-state index in [0.29, 0.717) is 0 Å². The monoisotopic (exact) mass is 205 g/mol. The van der Waals surface area contributed by atoms with Crippen LogP contribution in [0.3, 0.4) is 0 Å². The number of alkyl halides is 1. The summed E-state index contributed by atoms with van der Waals surface area (Å²) in [5.74, 6) is -2.59. The molecule has 6 heteroatoms. The maximum absolute atomic E-state index is 13.0. The van der Waals surface area contributed by atoms with Gasteiger partial charge in [-0.3, -0.25) is 9.59 Å². The van der Waals surface area contributed by atoms with Gasteiger partial charge in [0.25, 0.3) is 5.91 Å². The Hall–Kier alpha value is -1.17. The predicted octanol–water partition coefficient (Wildman–Crippen LogP) is -1.01. The van der Waals surface area contributed by atoms with Crippen LogP contribution in [0.15, 0.2) is 0 Å². The Morgan fingerprint density at radius 3 is 3.00 bits per heavy atom. The van der Waals surface area contributed by atoms with Gasteiger partial charge in [0.05, 0.1) is 6.61 Å². The number of ether oxygens (including phenoxy) is 1. The number of amides is 1. The minimum Gasteiger partial charge on any atom is -0.466 e. The van der Waals surface area contributed by atoms with E-state index in [1.54, 1.807) is 6.92 Å². The molecular weight excluding hydrogens is 193 g/mol. The van der Waals surface area contributed by atoms with Crippen molar-refractivity contribution in [1.82, 2.24) is 5.32 Å². The second-order valence-corrected chi connectivity index (χ2v) is 3.00. The van der Waals surface area contributed by atoms with E-state index in [0.717, 1.165) is 0 Å². The molecule has 14 heavy (non-hydrogen) atoms. The van der Waals surface area contributed by atoms with Gasteiger partial charge >= 0.3 is 5.97 Å². The number of hydrogen-bond donors (Lipinski definition) is 2. The minimum absolute atomic E-state index is 0.0841. The highest BCUT2D eigenvalue weighted by Gasteiger charge is 2.42. The lowest BCUT2D eigenvalue weighted by atomic mass is 9.94. The van der Waals surface area contributed by atoms with Crippen molar-refractivity contribution >= 4 is 11.9 Å². The molecule has 1 saturated heterocycles. The Bertz CT molecular complexity index is 245. The molecule has 1 aliphatic rings. The summed E-state index contributed by atoms with van der Waals surface area (Å²) >= 11 is 0. The number of aliphatic hydroxyl groups is 1. The number of aliphatic hydroxyl groups excluding tert-OH is 1. The van der Waals surface area contributed by atoms with Crippen LogP contribution in [-0.4, -0.2) is 42.4 Å². The summed E-state index contributed by atoms with van der Waals surface area (Å²) in [5.41, 5.74) is 0. The first-order valence-electron chi connectivity index (χ1n) is 4.34. The molecule has 1 amide bonds. The summed E-state index contributed by atoms with van der Waals surface area (Å²) in [6, 6.07) is 0. The van der Waals surface area contributed by atoms with Crippen molar-refractivity contribution in [3.63, 3.8) is 0 Å². The molecule has 0 saturated carbocycles. The first-order chi connectivity index (χ1) is 6.57. The Morgan fingerprint density at radius 2 is 2.43 bits per heavy atom. The van der Waals surface area contributed by atoms with E-state index in [1.165, 1.54) is 0 Å². The fourth-order valence-electron chi connectivity index (χ4n) is 1.26. The van der Waals surface area contributed by atoms with E-state index in [1.807, 2.05) is 0 Å². The van der Waals surface area contributed by atoms with Crippen molar-refractivity contribution in [2.45, 2.75) is 19.2 Å². The van der Waals surface area contributed by atoms with Crippen LogP contribution in [0.1, 0.15) is 6.92 Å². The van der Waals surface area contributed by atoms with Crippen molar-refractivity contribution in [1.29, 1.82) is 0 Å². The smallest absolute Gasteiger partial charge is 0.313 e. The van der Waals surface area contributed by atoms with Crippen LogP contribution in [0.25, 0.3) is 0 Å². The van der Waals surface area contributed by atoms with Crippen LogP contribution in [-0.2, 0) is 14.3 Å². The summed E-state index contributed by atoms with van der Waals surface area (Å²) in [6.45, 7) is 1.69. The van der Waals surface area contributed by atoms with Crippen molar-refractivity contribution < 1.29 is 23.8 Å². The lowest BCUT2D eigenvalue weighted by Gasteiger charge is -2.28. The van der Waals surface area contributed by atoms with Crippen LogP contribution in [0.4, 0.5) is 4.39 Å². The normalized spacial score (nSPS) is 32.2. The number of nitrogens with one attached hydrogen (secondary N) is 1. The summed E-state index contributed by atoms with van der Waals surface area (Å²) in [6.07, 6.45) is -3.67. The average Bonchev–Trinajstić information content (AvgIpc) is 2.15. The molecule has 80 valence electrons. The number of rotatable bonds is 2. The molecule has 0 aromatic rings. The van der Waals surface area contributed by atoms with Crippen molar-refractivity contribution in [3.8, 4) is 0 Å². The van der Waals surface area contributed by atoms with Gasteiger partial charge in [-0.15, -0.1) is 0 Å². The van der Waals surface area contributed by atoms with Crippen LogP contribution in [0.5, 0.6) is 0 Å². The lowest BCUT2D eigenvalue weighted by molar-refractivity contribution is -0.158. The van der Waals surface area contributed by atoms with E-state index in [2.05, 4.69) is 10.1 Å². The zero-order valence-corrected chi connectivity index (χ0v) is 7.70. The SMILES string of the molecule is CCOC(=O)C1CNC(=O)C(F)C1O. The Balaban J connectivity index is 2.63. The second kappa shape index (κ2) is 4.36. The fourth-order valence-corrected chi connectivity index (χ4v) is 1.26. The third-order valence-electron chi connectivity index (χ3n) is 2.05. The first-order valence-corrected chi connectivity index (χ1v) is 4.34. The number of halogens is 1. The van der Waals surface area contributed by atoms with Gasteiger partial charge in [0.2, 0.25) is 6.17 Å². The van der Waals surface area contributed by atoms with E-state index in [4.69, 9.17) is 0 Å². The van der Waals surface area contributed by atoms with Gasteiger partial charge in [-0.1, -0.05) is 0 Å². The van der Waals surface area contributed by atoms with Crippen molar-refractivity contribution in [2.24, 2.45) is 5.92 Å². The highest BCUT2D eigenvalue weighted by atomic mass is 19.1. The first kappa shape index (κ1) is 10.9. The number of esters is 1. The Kier molecular flexibility index (Phi) is 3.40. The third kappa shape index (κ3) is 2.01. The topological polar surface area (TPSA) is 75.6 Å². The molecule has 1 heterocycles. The highest BCUT2D eigenvalue weighted by molar-refractivity contribution is 5.85. The average molecular weight is 205 g/mol. The fraction of sp³-hybridized carbons (Fsp3) is 0.750. The maximum atomic E-state index is 13.0. The number of carbonyl (C=O) groups excluding carboxylic acids is 2. The van der Waals surface area contributed by atoms with E-state index >= 15 is 0 Å². The van der Waals surface area contributed by atoms with Crippen LogP contribution in [0, 0.1) is 5.92 Å². The van der Waals surface area contributed by atoms with Gasteiger partial charge in [0, 0.05) is 6.54 Å². The van der Waals surface area contributed by atoms with Crippen LogP contribution < -0.4 is 5.32 Å². The number of hydrogen-bond acceptors (Lipinski definition) is 4. The van der Waals surface area contributed by atoms with Gasteiger partial charge in [-0.2, -0.15) is 0 Å². The molecule has 1 aliphatic heterocycles. The molecule has 5 nitrogen and oxygen atoms in total. The van der Waals surface area contributed by atoms with Gasteiger partial charge in [0.15, 0.2) is 0 Å². The molecule has 3 atom stereocenters. The molecular formula is C8H12FNO4. The van der Waals surface area contributed by atoms with Gasteiger partial charge < -0.3 is 15.2 Å². The standard InChI is InChI=1S/C8H12FNO4/c1-2-14-8(13)4-3-10-7(12)5(9)6(4)11/h4-6,11H,2-3H2,1H3,(H,10,12). The highest BCUT2D eigenvalue weighted by Crippen LogP contribution is 2.16. The maximum Gasteiger partial charge on any atom is 0.313 e. The molecule has 2 N–H and O–H groups in total. The summed E-state index contributed by atoms with van der Waals surface area (Å²) in [7, 11) is 0. The molecule has 0 bridgehead atoms. The Morgan fingerprint density at radius 1 is 1.79 bits per heavy atom. The number of piperidine rings is 1. The van der Waals surface area contributed by atoms with Gasteiger partial charge in [-0.25, -0.2) is 4.39 Å². The molecule has 0 aromatic carbocycles. The van der Waals surface area contributed by atoms with E-state index < -0.39 is 30.1 Å². The summed E-state index contributed by atoms with van der Waals surface area (Å²) < 4.78 is 17.6. The largest absolute Gasteiger partial charge is 0.466 e. The zero-order chi connectivity index (χ0) is 10.7. The zero-order valence-electron chi connectivity index (χ0n) is 7.70. The van der Waals surface area contributed by atoms with E-state index in [-0.39, 0.29) is 13.2 Å². The Labute approximate surface area is 80.2 Å². The van der Waals surface area contributed by atoms with Crippen LogP contribution in [0.2, 0.25) is 0 Å². The van der Waals surface area contributed by atoms with Crippen LogP contribution >= 0.6 is 0 Å². The molecule has 1 fully saturated rings. The lowest BCUT2D eigenvalue weighted by Crippen LogP contribution is -2.55. The molecule has 0 aliphatic carbocycles. The molecule has 1 rings (SSSR count). The molecule has 0 spiro atoms. The molecule has 0 radical (unpaired) electrons. The quantitative estimate of drug-likeness (QED) is 0.567. The van der Waals surface area contributed by atoms with Crippen molar-refractivity contribution in [3.05, 3.63) is 0 Å². The van der Waals surface area contributed by atoms with Gasteiger partial charge in [-0.05, 0) is 6.92 Å². The predicted molar refractivity (Wildman–Crippen MR) is 44.0 cm³/mol. The third-order valence-corrected chi connectivity index (χ3v) is 2.05.